The van der Waals surface area contributed by atoms with Gasteiger partial charge in [-0.3, -0.25) is 24.1 Å². The molecule has 1 aromatic carbocycles. The van der Waals surface area contributed by atoms with E-state index in [2.05, 4.69) is 49.1 Å². The molecule has 17 heteroatoms. The number of unbranched alkanes of at least 4 members (excludes halogenated alkanes) is 2. The third-order valence-electron chi connectivity index (χ3n) is 8.63. The number of carbonyl (C=O) groups excluding carboxylic acids is 2. The Kier molecular flexibility index (Phi) is 14.7. The zero-order valence-electron chi connectivity index (χ0n) is 29.2. The van der Waals surface area contributed by atoms with Gasteiger partial charge < -0.3 is 46.5 Å². The van der Waals surface area contributed by atoms with Gasteiger partial charge in [0.25, 0.3) is 0 Å². The van der Waals surface area contributed by atoms with Gasteiger partial charge in [-0.15, -0.1) is 11.8 Å². The van der Waals surface area contributed by atoms with Gasteiger partial charge in [0, 0.05) is 76.2 Å². The number of aliphatic carboxylic acids is 2. The number of rotatable bonds is 20. The summed E-state index contributed by atoms with van der Waals surface area (Å²) in [7, 11) is 1.66. The Balaban J connectivity index is 1.25. The van der Waals surface area contributed by atoms with Crippen LogP contribution < -0.4 is 26.8 Å². The van der Waals surface area contributed by atoms with Crippen molar-refractivity contribution in [3.8, 4) is 5.75 Å². The van der Waals surface area contributed by atoms with Gasteiger partial charge >= 0.3 is 11.9 Å². The molecular formula is C34H49N9O7S. The Morgan fingerprint density at radius 2 is 1.78 bits per heavy atom. The van der Waals surface area contributed by atoms with Crippen molar-refractivity contribution in [3.63, 3.8) is 0 Å². The Hall–Kier alpha value is -4.61. The molecule has 0 radical (unpaired) electrons. The summed E-state index contributed by atoms with van der Waals surface area (Å²) >= 11 is 0.801. The number of ether oxygens (including phenoxy) is 1. The van der Waals surface area contributed by atoms with Crippen LogP contribution in [0.25, 0.3) is 11.0 Å². The van der Waals surface area contributed by atoms with E-state index in [4.69, 9.17) is 21.3 Å². The number of carbonyl (C=O) groups is 4. The Labute approximate surface area is 301 Å². The summed E-state index contributed by atoms with van der Waals surface area (Å²) in [6.45, 7) is 6.77. The molecule has 1 fully saturated rings. The molecule has 1 aliphatic rings. The van der Waals surface area contributed by atoms with E-state index in [0.717, 1.165) is 71.3 Å². The minimum Gasteiger partial charge on any atom is -0.496 e. The van der Waals surface area contributed by atoms with E-state index >= 15 is 0 Å². The Bertz CT molecular complexity index is 1660. The second-order valence-electron chi connectivity index (χ2n) is 12.5. The fourth-order valence-corrected chi connectivity index (χ4v) is 6.79. The highest BCUT2D eigenvalue weighted by Gasteiger charge is 2.25. The van der Waals surface area contributed by atoms with E-state index in [9.17, 15) is 24.3 Å². The molecule has 0 unspecified atom stereocenters. The number of fused-ring (bicyclic) bond motifs is 1. The zero-order chi connectivity index (χ0) is 36.9. The summed E-state index contributed by atoms with van der Waals surface area (Å²) < 4.78 is 7.91. The predicted molar refractivity (Wildman–Crippen MR) is 196 cm³/mol. The van der Waals surface area contributed by atoms with Crippen LogP contribution in [0.5, 0.6) is 5.75 Å². The summed E-state index contributed by atoms with van der Waals surface area (Å²) in [5, 5.41) is 23.1. The lowest BCUT2D eigenvalue weighted by Crippen LogP contribution is -2.48. The third kappa shape index (κ3) is 11.5. The number of hydrogen-bond donors (Lipinski definition) is 6. The highest BCUT2D eigenvalue weighted by molar-refractivity contribution is 8.00. The molecular weight excluding hydrogens is 678 g/mol. The van der Waals surface area contributed by atoms with Crippen molar-refractivity contribution in [2.24, 2.45) is 5.73 Å². The number of nitrogens with zero attached hydrogens (tertiary/aromatic N) is 5. The third-order valence-corrected chi connectivity index (χ3v) is 9.95. The number of nitrogens with one attached hydrogen (secondary N) is 2. The van der Waals surface area contributed by atoms with Crippen molar-refractivity contribution in [1.82, 2.24) is 29.7 Å². The van der Waals surface area contributed by atoms with Crippen molar-refractivity contribution in [2.75, 3.05) is 63.2 Å². The smallest absolute Gasteiger partial charge is 0.321 e. The lowest BCUT2D eigenvalue weighted by molar-refractivity contribution is -0.139. The number of amides is 2. The first-order valence-corrected chi connectivity index (χ1v) is 18.2. The number of methoxy groups -OCH3 is 1. The van der Waals surface area contributed by atoms with E-state index in [1.807, 2.05) is 18.3 Å². The van der Waals surface area contributed by atoms with E-state index < -0.39 is 29.1 Å². The predicted octanol–water partition coefficient (Wildman–Crippen LogP) is 1.81. The molecule has 0 spiro atoms. The van der Waals surface area contributed by atoms with Gasteiger partial charge in [-0.05, 0) is 24.1 Å². The largest absolute Gasteiger partial charge is 0.496 e. The highest BCUT2D eigenvalue weighted by atomic mass is 32.2. The number of hydrogen-bond acceptors (Lipinski definition) is 12. The number of aromatic nitrogens is 3. The van der Waals surface area contributed by atoms with E-state index in [1.165, 1.54) is 0 Å². The first-order chi connectivity index (χ1) is 24.5. The van der Waals surface area contributed by atoms with Gasteiger partial charge in [-0.2, -0.15) is 4.98 Å². The second-order valence-corrected chi connectivity index (χ2v) is 13.7. The van der Waals surface area contributed by atoms with Crippen LogP contribution in [-0.2, 0) is 32.3 Å². The Morgan fingerprint density at radius 3 is 2.47 bits per heavy atom. The number of carboxylic acid groups (broad SMARTS) is 2. The molecule has 3 aromatic rings. The Morgan fingerprint density at radius 1 is 1.02 bits per heavy atom. The highest BCUT2D eigenvalue weighted by Crippen LogP contribution is 2.28. The standard InChI is InChI=1S/C34H49N9O7S/c1-3-4-5-10-38-31-30-25(39-34(36)40-31)9-12-43(30)20-23-7-6-22(17-26(23)50-2)19-41-13-15-42(16-14-41)29(45)8-11-37-28(44)18-27(33(48)49)51-21-24(35)32(46)47/h6-7,9,12,17,24,27H,3-5,8,10-11,13-16,18-21,35H2,1-2H3,(H,37,44)(H,46,47)(H,48,49)(H3,36,38,39,40)/t24-,27+/m0/s1. The van der Waals surface area contributed by atoms with Crippen LogP contribution in [0.15, 0.2) is 30.5 Å². The van der Waals surface area contributed by atoms with E-state index in [-0.39, 0.29) is 37.0 Å². The molecule has 51 heavy (non-hydrogen) atoms. The molecule has 8 N–H and O–H groups in total. The molecule has 2 aromatic heterocycles. The summed E-state index contributed by atoms with van der Waals surface area (Å²) in [5.41, 5.74) is 15.2. The number of piperazine rings is 1. The summed E-state index contributed by atoms with van der Waals surface area (Å²) in [6.07, 6.45) is 5.02. The number of thioether (sulfide) groups is 1. The van der Waals surface area contributed by atoms with Crippen LogP contribution in [0.3, 0.4) is 0 Å². The molecule has 16 nitrogen and oxygen atoms in total. The van der Waals surface area contributed by atoms with Crippen molar-refractivity contribution < 1.29 is 34.1 Å². The first-order valence-electron chi connectivity index (χ1n) is 17.1. The average Bonchev–Trinajstić information content (AvgIpc) is 3.51. The minimum absolute atomic E-state index is 0.0757. The van der Waals surface area contributed by atoms with Crippen LogP contribution >= 0.6 is 11.8 Å². The van der Waals surface area contributed by atoms with Crippen molar-refractivity contribution in [1.29, 1.82) is 0 Å². The quantitative estimate of drug-likeness (QED) is 0.0912. The summed E-state index contributed by atoms with van der Waals surface area (Å²) in [5.74, 6) is -1.51. The van der Waals surface area contributed by atoms with Crippen molar-refractivity contribution >= 4 is 58.3 Å². The normalized spacial score (nSPS) is 14.6. The van der Waals surface area contributed by atoms with Crippen molar-refractivity contribution in [3.05, 3.63) is 41.6 Å². The van der Waals surface area contributed by atoms with E-state index in [1.54, 1.807) is 12.0 Å². The fourth-order valence-electron chi connectivity index (χ4n) is 5.79. The van der Waals surface area contributed by atoms with Gasteiger partial charge in [-0.25, -0.2) is 4.98 Å². The fraction of sp³-hybridized carbons (Fsp3) is 0.529. The molecule has 0 saturated carbocycles. The monoisotopic (exact) mass is 727 g/mol. The number of nitrogens with two attached hydrogens (primary N) is 2. The number of carboxylic acids is 2. The van der Waals surface area contributed by atoms with Crippen LogP contribution in [0, 0.1) is 0 Å². The molecule has 0 aliphatic carbocycles. The lowest BCUT2D eigenvalue weighted by atomic mass is 10.1. The summed E-state index contributed by atoms with van der Waals surface area (Å²) in [4.78, 5) is 60.4. The first kappa shape index (κ1) is 39.2. The maximum absolute atomic E-state index is 12.8. The molecule has 4 rings (SSSR count). The molecule has 2 atom stereocenters. The summed E-state index contributed by atoms with van der Waals surface area (Å²) in [6, 6.07) is 6.93. The van der Waals surface area contributed by atoms with Crippen LogP contribution in [0.2, 0.25) is 0 Å². The molecule has 0 bridgehead atoms. The average molecular weight is 728 g/mol. The van der Waals surface area contributed by atoms with Crippen LogP contribution in [-0.4, -0.2) is 122 Å². The topological polar surface area (TPSA) is 231 Å². The van der Waals surface area contributed by atoms with E-state index in [0.29, 0.717) is 39.3 Å². The molecule has 3 heterocycles. The molecule has 278 valence electrons. The SMILES string of the molecule is CCCCCNc1nc(N)nc2ccn(Cc3ccc(CN4CCN(C(=O)CCNC(=O)C[C@@H](SC[C@H](N)C(=O)O)C(=O)O)CC4)cc3OC)c12. The molecule has 1 aliphatic heterocycles. The number of anilines is 2. The number of benzene rings is 1. The van der Waals surface area contributed by atoms with Crippen LogP contribution in [0.1, 0.15) is 50.2 Å². The second kappa shape index (κ2) is 19.1. The van der Waals surface area contributed by atoms with Gasteiger partial charge in [0.1, 0.15) is 22.6 Å². The number of nitrogen functional groups attached to an aromatic ring is 1. The van der Waals surface area contributed by atoms with Gasteiger partial charge in [-0.1, -0.05) is 31.9 Å². The lowest BCUT2D eigenvalue weighted by Gasteiger charge is -2.35. The molecule has 1 saturated heterocycles. The van der Waals surface area contributed by atoms with Crippen molar-refractivity contribution in [2.45, 2.75) is 63.4 Å². The minimum atomic E-state index is -1.24. The maximum atomic E-state index is 12.8. The zero-order valence-corrected chi connectivity index (χ0v) is 30.0. The molecule has 2 amide bonds. The van der Waals surface area contributed by atoms with Gasteiger partial charge in [0.2, 0.25) is 17.8 Å². The van der Waals surface area contributed by atoms with Gasteiger partial charge in [0.05, 0.1) is 19.2 Å². The maximum Gasteiger partial charge on any atom is 0.321 e. The van der Waals surface area contributed by atoms with Gasteiger partial charge in [0.15, 0.2) is 5.82 Å². The van der Waals surface area contributed by atoms with Crippen LogP contribution in [0.4, 0.5) is 11.8 Å².